The number of aryl methyl sites for hydroxylation is 2. The van der Waals surface area contributed by atoms with Crippen molar-refractivity contribution in [2.75, 3.05) is 18.2 Å². The zero-order valence-electron chi connectivity index (χ0n) is 14.0. The summed E-state index contributed by atoms with van der Waals surface area (Å²) < 4.78 is 8.70. The van der Waals surface area contributed by atoms with E-state index in [0.717, 1.165) is 10.6 Å². The molecule has 1 amide bonds. The maximum atomic E-state index is 12.0. The Hall–Kier alpha value is -2.47. The molecule has 0 aliphatic carbocycles. The van der Waals surface area contributed by atoms with Crippen LogP contribution in [-0.4, -0.2) is 53.5 Å². The summed E-state index contributed by atoms with van der Waals surface area (Å²) in [7, 11) is 5.19. The predicted molar refractivity (Wildman–Crippen MR) is 93.8 cm³/mol. The van der Waals surface area contributed by atoms with Crippen LogP contribution in [0, 0.1) is 6.92 Å². The van der Waals surface area contributed by atoms with Gasteiger partial charge in [0.25, 0.3) is 0 Å². The summed E-state index contributed by atoms with van der Waals surface area (Å²) in [6, 6.07) is 0. The molecule has 25 heavy (non-hydrogen) atoms. The molecule has 0 atom stereocenters. The maximum absolute atomic E-state index is 12.0. The van der Waals surface area contributed by atoms with Crippen LogP contribution in [0.5, 0.6) is 5.88 Å². The summed E-state index contributed by atoms with van der Waals surface area (Å²) in [5, 5.41) is 24.9. The number of anilines is 1. The van der Waals surface area contributed by atoms with E-state index in [1.165, 1.54) is 23.1 Å². The fourth-order valence-corrected chi connectivity index (χ4v) is 3.40. The summed E-state index contributed by atoms with van der Waals surface area (Å²) in [6.45, 7) is 1.83. The number of hydrogen-bond donors (Lipinski definition) is 1. The van der Waals surface area contributed by atoms with Gasteiger partial charge in [-0.05, 0) is 6.92 Å². The lowest BCUT2D eigenvalue weighted by Crippen LogP contribution is -2.14. The molecule has 132 valence electrons. The Morgan fingerprint density at radius 2 is 2.12 bits per heavy atom. The van der Waals surface area contributed by atoms with E-state index >= 15 is 0 Å². The van der Waals surface area contributed by atoms with E-state index in [2.05, 4.69) is 30.8 Å². The lowest BCUT2D eigenvalue weighted by molar-refractivity contribution is -0.113. The van der Waals surface area contributed by atoms with Crippen molar-refractivity contribution < 1.29 is 9.53 Å². The molecule has 3 heterocycles. The van der Waals surface area contributed by atoms with E-state index in [1.54, 1.807) is 23.4 Å². The molecule has 12 heteroatoms. The van der Waals surface area contributed by atoms with Crippen LogP contribution in [0.25, 0.3) is 11.4 Å². The van der Waals surface area contributed by atoms with Crippen molar-refractivity contribution in [2.45, 2.75) is 12.1 Å². The van der Waals surface area contributed by atoms with Crippen molar-refractivity contribution in [3.05, 3.63) is 11.2 Å². The zero-order chi connectivity index (χ0) is 18.0. The Labute approximate surface area is 151 Å². The van der Waals surface area contributed by atoms with Gasteiger partial charge in [0.2, 0.25) is 16.9 Å². The van der Waals surface area contributed by atoms with E-state index in [-0.39, 0.29) is 11.7 Å². The molecular weight excluding hydrogens is 364 g/mol. The molecule has 10 nitrogen and oxygen atoms in total. The third-order valence-corrected chi connectivity index (χ3v) is 4.94. The largest absolute Gasteiger partial charge is 0.479 e. The summed E-state index contributed by atoms with van der Waals surface area (Å²) in [6.07, 6.45) is 1.81. The van der Waals surface area contributed by atoms with Gasteiger partial charge >= 0.3 is 0 Å². The lowest BCUT2D eigenvalue weighted by atomic mass is 10.3. The second-order valence-corrected chi connectivity index (χ2v) is 7.18. The van der Waals surface area contributed by atoms with Gasteiger partial charge in [0, 0.05) is 20.3 Å². The molecule has 0 saturated heterocycles. The van der Waals surface area contributed by atoms with Crippen LogP contribution in [-0.2, 0) is 18.9 Å². The quantitative estimate of drug-likeness (QED) is 0.633. The molecule has 0 aromatic carbocycles. The minimum atomic E-state index is -0.176. The monoisotopic (exact) mass is 380 g/mol. The van der Waals surface area contributed by atoms with Crippen molar-refractivity contribution in [3.8, 4) is 17.3 Å². The number of carbonyl (C=O) groups excluding carboxylic acids is 1. The molecule has 0 fully saturated rings. The fraction of sp³-hybridized carbons (Fsp3) is 0.385. The number of thioether (sulfide) groups is 1. The highest BCUT2D eigenvalue weighted by Crippen LogP contribution is 2.29. The van der Waals surface area contributed by atoms with E-state index in [1.807, 2.05) is 20.2 Å². The number of carbonyl (C=O) groups is 1. The van der Waals surface area contributed by atoms with Crippen LogP contribution in [0.4, 0.5) is 5.13 Å². The van der Waals surface area contributed by atoms with Crippen molar-refractivity contribution in [3.63, 3.8) is 0 Å². The molecule has 0 bridgehead atoms. The van der Waals surface area contributed by atoms with Crippen LogP contribution in [0.3, 0.4) is 0 Å². The molecular formula is C13H16N8O2S2. The number of ether oxygens (including phenoxy) is 1. The number of rotatable bonds is 6. The third kappa shape index (κ3) is 3.79. The highest BCUT2D eigenvalue weighted by Gasteiger charge is 2.19. The van der Waals surface area contributed by atoms with Gasteiger partial charge in [-0.25, -0.2) is 0 Å². The predicted octanol–water partition coefficient (Wildman–Crippen LogP) is 1.11. The number of amides is 1. The molecule has 0 spiro atoms. The Balaban J connectivity index is 1.68. The molecule has 1 N–H and O–H groups in total. The molecule has 3 rings (SSSR count). The first kappa shape index (κ1) is 17.4. The van der Waals surface area contributed by atoms with E-state index < -0.39 is 0 Å². The van der Waals surface area contributed by atoms with Crippen molar-refractivity contribution in [1.29, 1.82) is 0 Å². The van der Waals surface area contributed by atoms with E-state index in [9.17, 15) is 4.79 Å². The van der Waals surface area contributed by atoms with Gasteiger partial charge < -0.3 is 9.30 Å². The maximum Gasteiger partial charge on any atom is 0.243 e. The molecule has 0 unspecified atom stereocenters. The third-order valence-electron chi connectivity index (χ3n) is 3.17. The summed E-state index contributed by atoms with van der Waals surface area (Å²) in [5.41, 5.74) is 0.737. The van der Waals surface area contributed by atoms with E-state index in [4.69, 9.17) is 4.74 Å². The van der Waals surface area contributed by atoms with E-state index in [0.29, 0.717) is 22.0 Å². The molecule has 0 aliphatic heterocycles. The smallest absolute Gasteiger partial charge is 0.243 e. The van der Waals surface area contributed by atoms with Crippen LogP contribution >= 0.6 is 23.1 Å². The molecule has 3 aromatic rings. The SMILES string of the molecule is COc1nn(C)cc1-c1nnc(SCC(=O)Nc2nnc(C)s2)n1C. The van der Waals surface area contributed by atoms with Crippen LogP contribution < -0.4 is 10.1 Å². The Morgan fingerprint density at radius 1 is 1.32 bits per heavy atom. The van der Waals surface area contributed by atoms with Gasteiger partial charge in [-0.2, -0.15) is 0 Å². The number of nitrogens with zero attached hydrogens (tertiary/aromatic N) is 7. The van der Waals surface area contributed by atoms with Crippen molar-refractivity contribution >= 4 is 34.1 Å². The van der Waals surface area contributed by atoms with Gasteiger partial charge in [-0.3, -0.25) is 14.8 Å². The van der Waals surface area contributed by atoms with Gasteiger partial charge in [-0.15, -0.1) is 25.5 Å². The first-order valence-corrected chi connectivity index (χ1v) is 8.98. The zero-order valence-corrected chi connectivity index (χ0v) is 15.7. The number of methoxy groups -OCH3 is 1. The normalized spacial score (nSPS) is 10.9. The first-order valence-electron chi connectivity index (χ1n) is 7.18. The molecule has 0 saturated carbocycles. The average molecular weight is 380 g/mol. The Bertz CT molecular complexity index is 900. The fourth-order valence-electron chi connectivity index (χ4n) is 2.08. The molecule has 3 aromatic heterocycles. The highest BCUT2D eigenvalue weighted by molar-refractivity contribution is 7.99. The summed E-state index contributed by atoms with van der Waals surface area (Å²) in [5.74, 6) is 1.10. The molecule has 0 aliphatic rings. The van der Waals surface area contributed by atoms with Crippen molar-refractivity contribution in [1.82, 2.24) is 34.7 Å². The van der Waals surface area contributed by atoms with Crippen LogP contribution in [0.15, 0.2) is 11.4 Å². The molecule has 0 radical (unpaired) electrons. The average Bonchev–Trinajstić information content (AvgIpc) is 3.24. The van der Waals surface area contributed by atoms with Crippen LogP contribution in [0.2, 0.25) is 0 Å². The minimum absolute atomic E-state index is 0.176. The second kappa shape index (κ2) is 7.19. The Morgan fingerprint density at radius 3 is 2.80 bits per heavy atom. The van der Waals surface area contributed by atoms with Crippen LogP contribution in [0.1, 0.15) is 5.01 Å². The second-order valence-electron chi connectivity index (χ2n) is 5.05. The number of aromatic nitrogens is 7. The minimum Gasteiger partial charge on any atom is -0.479 e. The van der Waals surface area contributed by atoms with Gasteiger partial charge in [0.1, 0.15) is 10.6 Å². The Kier molecular flexibility index (Phi) is 4.99. The first-order chi connectivity index (χ1) is 12.0. The topological polar surface area (TPSA) is 113 Å². The summed E-state index contributed by atoms with van der Waals surface area (Å²) >= 11 is 2.61. The van der Waals surface area contributed by atoms with Gasteiger partial charge in [-0.1, -0.05) is 23.1 Å². The number of nitrogens with one attached hydrogen (secondary N) is 1. The highest BCUT2D eigenvalue weighted by atomic mass is 32.2. The van der Waals surface area contributed by atoms with Gasteiger partial charge in [0.05, 0.1) is 12.9 Å². The van der Waals surface area contributed by atoms with Crippen molar-refractivity contribution in [2.24, 2.45) is 14.1 Å². The summed E-state index contributed by atoms with van der Waals surface area (Å²) in [4.78, 5) is 12.0. The lowest BCUT2D eigenvalue weighted by Gasteiger charge is -2.03. The standard InChI is InChI=1S/C13H16N8O2S2/c1-7-15-17-12(25-7)14-9(22)6-24-13-18-16-10(21(13)3)8-5-20(2)19-11(8)23-4/h5H,6H2,1-4H3,(H,14,17,22). The number of hydrogen-bond acceptors (Lipinski definition) is 9. The van der Waals surface area contributed by atoms with Gasteiger partial charge in [0.15, 0.2) is 11.0 Å².